The summed E-state index contributed by atoms with van der Waals surface area (Å²) in [5, 5.41) is 4.69. The minimum Gasteiger partial charge on any atom is -0.336 e. The second-order valence-corrected chi connectivity index (χ2v) is 5.90. The molecule has 21 heavy (non-hydrogen) atoms. The lowest BCUT2D eigenvalue weighted by atomic mass is 10.1. The Morgan fingerprint density at radius 2 is 2.05 bits per heavy atom. The van der Waals surface area contributed by atoms with Crippen LogP contribution < -0.4 is 0 Å². The van der Waals surface area contributed by atoms with Crippen molar-refractivity contribution in [2.24, 2.45) is 0 Å². The van der Waals surface area contributed by atoms with Gasteiger partial charge in [-0.1, -0.05) is 5.16 Å². The third kappa shape index (κ3) is 2.29. The van der Waals surface area contributed by atoms with Gasteiger partial charge in [0.15, 0.2) is 0 Å². The van der Waals surface area contributed by atoms with Crippen molar-refractivity contribution in [1.29, 1.82) is 0 Å². The summed E-state index contributed by atoms with van der Waals surface area (Å²) < 4.78 is 5.08. The van der Waals surface area contributed by atoms with Gasteiger partial charge in [-0.3, -0.25) is 9.69 Å². The summed E-state index contributed by atoms with van der Waals surface area (Å²) >= 11 is 0. The number of rotatable bonds is 2. The molecule has 1 aliphatic heterocycles. The molecule has 0 spiro atoms. The molecule has 3 heterocycles. The number of aromatic nitrogens is 2. The zero-order valence-electron chi connectivity index (χ0n) is 12.1. The highest BCUT2D eigenvalue weighted by Gasteiger charge is 2.32. The number of carbonyl (C=O) groups is 1. The molecule has 0 radical (unpaired) electrons. The summed E-state index contributed by atoms with van der Waals surface area (Å²) in [5.41, 5.74) is 1.88. The summed E-state index contributed by atoms with van der Waals surface area (Å²) in [6.45, 7) is 5.43. The molecule has 1 saturated heterocycles. The number of nitrogens with zero attached hydrogens (tertiary/aromatic N) is 4. The highest BCUT2D eigenvalue weighted by atomic mass is 16.5. The number of piperazine rings is 1. The van der Waals surface area contributed by atoms with Gasteiger partial charge in [-0.25, -0.2) is 4.98 Å². The van der Waals surface area contributed by atoms with Crippen molar-refractivity contribution in [1.82, 2.24) is 19.9 Å². The quantitative estimate of drug-likeness (QED) is 0.836. The first-order valence-electron chi connectivity index (χ1n) is 7.48. The van der Waals surface area contributed by atoms with E-state index in [1.807, 2.05) is 17.9 Å². The number of amides is 1. The molecule has 2 fully saturated rings. The molecular weight excluding hydrogens is 268 g/mol. The Morgan fingerprint density at radius 3 is 2.76 bits per heavy atom. The molecule has 1 aliphatic carbocycles. The zero-order chi connectivity index (χ0) is 14.4. The second kappa shape index (κ2) is 4.80. The Morgan fingerprint density at radius 1 is 1.29 bits per heavy atom. The average Bonchev–Trinajstić information content (AvgIpc) is 3.31. The van der Waals surface area contributed by atoms with Crippen LogP contribution in [0.1, 0.15) is 28.9 Å². The smallest absolute Gasteiger partial charge is 0.257 e. The van der Waals surface area contributed by atoms with Crippen molar-refractivity contribution in [3.8, 4) is 0 Å². The fourth-order valence-electron chi connectivity index (χ4n) is 2.97. The third-order valence-corrected chi connectivity index (χ3v) is 4.42. The Balaban J connectivity index is 1.51. The molecule has 1 saturated carbocycles. The first-order chi connectivity index (χ1) is 10.2. The van der Waals surface area contributed by atoms with Gasteiger partial charge in [0, 0.05) is 38.4 Å². The minimum absolute atomic E-state index is 0.0560. The maximum atomic E-state index is 12.6. The monoisotopic (exact) mass is 286 g/mol. The molecule has 2 aromatic heterocycles. The van der Waals surface area contributed by atoms with Crippen LogP contribution in [0.3, 0.4) is 0 Å². The van der Waals surface area contributed by atoms with E-state index < -0.39 is 0 Å². The maximum absolute atomic E-state index is 12.6. The largest absolute Gasteiger partial charge is 0.336 e. The Bertz CT molecular complexity index is 684. The van der Waals surface area contributed by atoms with Crippen LogP contribution >= 0.6 is 0 Å². The molecule has 0 atom stereocenters. The number of aryl methyl sites for hydroxylation is 1. The summed E-state index contributed by atoms with van der Waals surface area (Å²) in [7, 11) is 0. The molecule has 0 aromatic carbocycles. The summed E-state index contributed by atoms with van der Waals surface area (Å²) in [5.74, 6) is 0.0560. The molecule has 6 nitrogen and oxygen atoms in total. The van der Waals surface area contributed by atoms with Crippen LogP contribution in [0.15, 0.2) is 16.8 Å². The van der Waals surface area contributed by atoms with Crippen molar-refractivity contribution in [3.05, 3.63) is 23.5 Å². The number of fused-ring (bicyclic) bond motifs is 1. The van der Waals surface area contributed by atoms with Crippen LogP contribution in [-0.4, -0.2) is 58.1 Å². The number of pyridine rings is 1. The van der Waals surface area contributed by atoms with Crippen LogP contribution in [0, 0.1) is 6.92 Å². The molecule has 0 bridgehead atoms. The fourth-order valence-corrected chi connectivity index (χ4v) is 2.97. The van der Waals surface area contributed by atoms with E-state index in [0.29, 0.717) is 11.3 Å². The summed E-state index contributed by atoms with van der Waals surface area (Å²) in [4.78, 5) is 21.2. The summed E-state index contributed by atoms with van der Waals surface area (Å²) in [6, 6.07) is 2.61. The Hall–Kier alpha value is -1.95. The van der Waals surface area contributed by atoms with Crippen LogP contribution in [-0.2, 0) is 0 Å². The lowest BCUT2D eigenvalue weighted by Gasteiger charge is -2.34. The number of carbonyl (C=O) groups excluding carboxylic acids is 1. The second-order valence-electron chi connectivity index (χ2n) is 5.90. The number of hydrogen-bond acceptors (Lipinski definition) is 5. The molecule has 6 heteroatoms. The van der Waals surface area contributed by atoms with Crippen molar-refractivity contribution in [2.45, 2.75) is 25.8 Å². The zero-order valence-corrected chi connectivity index (χ0v) is 12.1. The SMILES string of the molecule is Cc1noc2ncc(C(=O)N3CCN(C4CC4)CC3)cc12. The van der Waals surface area contributed by atoms with Crippen LogP contribution in [0.2, 0.25) is 0 Å². The van der Waals surface area contributed by atoms with Gasteiger partial charge in [-0.05, 0) is 25.8 Å². The van der Waals surface area contributed by atoms with Crippen molar-refractivity contribution in [2.75, 3.05) is 26.2 Å². The van der Waals surface area contributed by atoms with E-state index >= 15 is 0 Å². The van der Waals surface area contributed by atoms with Gasteiger partial charge >= 0.3 is 0 Å². The third-order valence-electron chi connectivity index (χ3n) is 4.42. The minimum atomic E-state index is 0.0560. The van der Waals surface area contributed by atoms with Gasteiger partial charge in [-0.15, -0.1) is 0 Å². The molecule has 110 valence electrons. The van der Waals surface area contributed by atoms with Gasteiger partial charge in [0.1, 0.15) is 0 Å². The predicted octanol–water partition coefficient (Wildman–Crippen LogP) is 1.45. The maximum Gasteiger partial charge on any atom is 0.257 e. The first-order valence-corrected chi connectivity index (χ1v) is 7.48. The molecule has 0 N–H and O–H groups in total. The molecular formula is C15H18N4O2. The van der Waals surface area contributed by atoms with Gasteiger partial charge in [-0.2, -0.15) is 0 Å². The van der Waals surface area contributed by atoms with E-state index in [0.717, 1.165) is 43.3 Å². The highest BCUT2D eigenvalue weighted by molar-refractivity contribution is 5.97. The summed E-state index contributed by atoms with van der Waals surface area (Å²) in [6.07, 6.45) is 4.23. The Labute approximate surface area is 122 Å². The molecule has 0 unspecified atom stereocenters. The van der Waals surface area contributed by atoms with Gasteiger partial charge in [0.2, 0.25) is 0 Å². The van der Waals surface area contributed by atoms with Gasteiger partial charge in [0.05, 0.1) is 16.6 Å². The lowest BCUT2D eigenvalue weighted by Crippen LogP contribution is -2.49. The van der Waals surface area contributed by atoms with E-state index in [9.17, 15) is 4.79 Å². The van der Waals surface area contributed by atoms with Crippen molar-refractivity contribution >= 4 is 17.0 Å². The van der Waals surface area contributed by atoms with E-state index in [2.05, 4.69) is 15.0 Å². The standard InChI is InChI=1S/C15H18N4O2/c1-10-13-8-11(9-16-14(13)21-17-10)15(20)19-6-4-18(5-7-19)12-2-3-12/h8-9,12H,2-7H2,1H3. The fraction of sp³-hybridized carbons (Fsp3) is 0.533. The van der Waals surface area contributed by atoms with E-state index in [1.165, 1.54) is 12.8 Å². The highest BCUT2D eigenvalue weighted by Crippen LogP contribution is 2.27. The average molecular weight is 286 g/mol. The van der Waals surface area contributed by atoms with Crippen LogP contribution in [0.4, 0.5) is 0 Å². The molecule has 2 aliphatic rings. The molecule has 4 rings (SSSR count). The van der Waals surface area contributed by atoms with Crippen LogP contribution in [0.5, 0.6) is 0 Å². The lowest BCUT2D eigenvalue weighted by molar-refractivity contribution is 0.0627. The molecule has 2 aromatic rings. The number of hydrogen-bond donors (Lipinski definition) is 0. The van der Waals surface area contributed by atoms with Crippen LogP contribution in [0.25, 0.3) is 11.1 Å². The van der Waals surface area contributed by atoms with E-state index in [1.54, 1.807) is 6.20 Å². The topological polar surface area (TPSA) is 62.5 Å². The first kappa shape index (κ1) is 12.8. The normalized spacial score (nSPS) is 20.1. The molecule has 1 amide bonds. The van der Waals surface area contributed by atoms with E-state index in [4.69, 9.17) is 4.52 Å². The van der Waals surface area contributed by atoms with Gasteiger partial charge in [0.25, 0.3) is 11.6 Å². The van der Waals surface area contributed by atoms with E-state index in [-0.39, 0.29) is 5.91 Å². The Kier molecular flexibility index (Phi) is 2.92. The van der Waals surface area contributed by atoms with Crippen molar-refractivity contribution in [3.63, 3.8) is 0 Å². The van der Waals surface area contributed by atoms with Gasteiger partial charge < -0.3 is 9.42 Å². The van der Waals surface area contributed by atoms with Crippen molar-refractivity contribution < 1.29 is 9.32 Å². The predicted molar refractivity (Wildman–Crippen MR) is 77.0 cm³/mol.